The van der Waals surface area contributed by atoms with Crippen molar-refractivity contribution in [3.05, 3.63) is 29.6 Å². The molecule has 1 rings (SSSR count). The maximum atomic E-state index is 12.9. The molecule has 0 saturated carbocycles. The molecule has 76 valence electrons. The summed E-state index contributed by atoms with van der Waals surface area (Å²) in [7, 11) is 0. The molecule has 0 amide bonds. The van der Waals surface area contributed by atoms with E-state index in [1.54, 1.807) is 0 Å². The van der Waals surface area contributed by atoms with Crippen molar-refractivity contribution in [1.29, 1.82) is 0 Å². The quantitative estimate of drug-likeness (QED) is 0.470. The number of thiocarbonyl (C=S) groups is 1. The van der Waals surface area contributed by atoms with Crippen LogP contribution in [0.2, 0.25) is 0 Å². The molecule has 0 atom stereocenters. The third-order valence-corrected chi connectivity index (χ3v) is 1.60. The molecule has 0 bridgehead atoms. The Morgan fingerprint density at radius 2 is 1.93 bits per heavy atom. The lowest BCUT2D eigenvalue weighted by Gasteiger charge is -2.06. The van der Waals surface area contributed by atoms with E-state index in [1.165, 1.54) is 0 Å². The second-order valence-electron chi connectivity index (χ2n) is 2.43. The molecule has 0 aliphatic heterocycles. The van der Waals surface area contributed by atoms with Crippen molar-refractivity contribution in [2.24, 2.45) is 0 Å². The number of anilines is 1. The standard InChI is InChI=1S/C8H5F4NS/c9-3-7(14)13-6-2-4(10)1-5(11)8(6)12/h1-2H,3H2,(H,13,14). The lowest BCUT2D eigenvalue weighted by molar-refractivity contribution is 0.498. The zero-order chi connectivity index (χ0) is 10.7. The van der Waals surface area contributed by atoms with Gasteiger partial charge in [0.15, 0.2) is 11.6 Å². The number of hydrogen-bond acceptors (Lipinski definition) is 1. The maximum Gasteiger partial charge on any atom is 0.182 e. The fraction of sp³-hybridized carbons (Fsp3) is 0.125. The van der Waals surface area contributed by atoms with Crippen LogP contribution in [0.25, 0.3) is 0 Å². The summed E-state index contributed by atoms with van der Waals surface area (Å²) in [6, 6.07) is 1.08. The highest BCUT2D eigenvalue weighted by Gasteiger charge is 2.11. The molecule has 1 N–H and O–H groups in total. The summed E-state index contributed by atoms with van der Waals surface area (Å²) in [4.78, 5) is -0.339. The Labute approximate surface area is 82.7 Å². The van der Waals surface area contributed by atoms with Gasteiger partial charge in [0.2, 0.25) is 0 Å². The molecule has 1 aromatic carbocycles. The summed E-state index contributed by atoms with van der Waals surface area (Å²) in [5.74, 6) is -3.61. The Morgan fingerprint density at radius 1 is 1.29 bits per heavy atom. The van der Waals surface area contributed by atoms with E-state index < -0.39 is 29.8 Å². The highest BCUT2D eigenvalue weighted by atomic mass is 32.1. The van der Waals surface area contributed by atoms with Crippen molar-refractivity contribution in [3.8, 4) is 0 Å². The fourth-order valence-electron chi connectivity index (χ4n) is 0.831. The van der Waals surface area contributed by atoms with Crippen LogP contribution in [0.5, 0.6) is 0 Å². The molecule has 0 unspecified atom stereocenters. The average Bonchev–Trinajstić information content (AvgIpc) is 2.13. The van der Waals surface area contributed by atoms with E-state index >= 15 is 0 Å². The van der Waals surface area contributed by atoms with Gasteiger partial charge in [0.1, 0.15) is 17.5 Å². The third-order valence-electron chi connectivity index (χ3n) is 1.39. The highest BCUT2D eigenvalue weighted by molar-refractivity contribution is 7.80. The smallest absolute Gasteiger partial charge is 0.182 e. The summed E-state index contributed by atoms with van der Waals surface area (Å²) in [6.07, 6.45) is 0. The zero-order valence-corrected chi connectivity index (χ0v) is 7.60. The number of benzene rings is 1. The van der Waals surface area contributed by atoms with E-state index in [0.717, 1.165) is 0 Å². The third kappa shape index (κ3) is 2.41. The Morgan fingerprint density at radius 3 is 2.50 bits per heavy atom. The molecule has 1 nitrogen and oxygen atoms in total. The summed E-state index contributed by atoms with van der Waals surface area (Å²) in [5.41, 5.74) is -0.509. The van der Waals surface area contributed by atoms with Gasteiger partial charge in [-0.3, -0.25) is 0 Å². The van der Waals surface area contributed by atoms with Crippen LogP contribution in [0, 0.1) is 17.5 Å². The van der Waals surface area contributed by atoms with Gasteiger partial charge in [-0.2, -0.15) is 0 Å². The van der Waals surface area contributed by atoms with E-state index in [9.17, 15) is 17.6 Å². The van der Waals surface area contributed by atoms with Crippen LogP contribution in [0.1, 0.15) is 0 Å². The Bertz CT molecular complexity index is 367. The van der Waals surface area contributed by atoms with E-state index in [4.69, 9.17) is 0 Å². The average molecular weight is 223 g/mol. The van der Waals surface area contributed by atoms with Crippen molar-refractivity contribution in [1.82, 2.24) is 0 Å². The van der Waals surface area contributed by atoms with Gasteiger partial charge < -0.3 is 5.32 Å². The van der Waals surface area contributed by atoms with E-state index in [0.29, 0.717) is 12.1 Å². The number of rotatable bonds is 2. The molecule has 0 saturated heterocycles. The lowest BCUT2D eigenvalue weighted by Crippen LogP contribution is -2.12. The predicted molar refractivity (Wildman–Crippen MR) is 48.5 cm³/mol. The Kier molecular flexibility index (Phi) is 3.40. The first-order valence-electron chi connectivity index (χ1n) is 3.55. The predicted octanol–water partition coefficient (Wildman–Crippen LogP) is 2.81. The minimum atomic E-state index is -1.35. The van der Waals surface area contributed by atoms with Gasteiger partial charge in [0.05, 0.1) is 5.69 Å². The largest absolute Gasteiger partial charge is 0.345 e. The molecular formula is C8H5F4NS. The molecule has 1 aromatic rings. The highest BCUT2D eigenvalue weighted by Crippen LogP contribution is 2.19. The normalized spacial score (nSPS) is 10.0. The van der Waals surface area contributed by atoms with E-state index in [1.807, 2.05) is 5.32 Å². The van der Waals surface area contributed by atoms with E-state index in [-0.39, 0.29) is 4.99 Å². The van der Waals surface area contributed by atoms with Gasteiger partial charge in [-0.05, 0) is 0 Å². The van der Waals surface area contributed by atoms with Crippen molar-refractivity contribution in [3.63, 3.8) is 0 Å². The molecule has 6 heteroatoms. The van der Waals surface area contributed by atoms with Crippen molar-refractivity contribution >= 4 is 22.9 Å². The molecule has 0 radical (unpaired) electrons. The zero-order valence-electron chi connectivity index (χ0n) is 6.78. The SMILES string of the molecule is FCC(=S)Nc1cc(F)cc(F)c1F. The van der Waals surface area contributed by atoms with Crippen LogP contribution >= 0.6 is 12.2 Å². The maximum absolute atomic E-state index is 12.9. The van der Waals surface area contributed by atoms with Crippen LogP contribution in [-0.4, -0.2) is 11.7 Å². The van der Waals surface area contributed by atoms with Crippen molar-refractivity contribution in [2.75, 3.05) is 12.0 Å². The van der Waals surface area contributed by atoms with Gasteiger partial charge in [-0.15, -0.1) is 0 Å². The van der Waals surface area contributed by atoms with Gasteiger partial charge in [-0.25, -0.2) is 17.6 Å². The second kappa shape index (κ2) is 4.36. The molecule has 0 aliphatic rings. The fourth-order valence-corrected chi connectivity index (χ4v) is 0.941. The van der Waals surface area contributed by atoms with Gasteiger partial charge >= 0.3 is 0 Å². The molecule has 0 heterocycles. The molecule has 0 aromatic heterocycles. The minimum absolute atomic E-state index is 0.339. The van der Waals surface area contributed by atoms with Crippen LogP contribution in [0.15, 0.2) is 12.1 Å². The van der Waals surface area contributed by atoms with Crippen LogP contribution in [0.4, 0.5) is 23.2 Å². The molecule has 14 heavy (non-hydrogen) atoms. The number of hydrogen-bond donors (Lipinski definition) is 1. The summed E-state index contributed by atoms with van der Waals surface area (Å²) >= 11 is 4.39. The Hall–Kier alpha value is -1.17. The number of halogens is 4. The summed E-state index contributed by atoms with van der Waals surface area (Å²) in [5, 5.41) is 2.04. The molecular weight excluding hydrogens is 218 g/mol. The Balaban J connectivity index is 3.02. The monoisotopic (exact) mass is 223 g/mol. The molecule has 0 fully saturated rings. The van der Waals surface area contributed by atoms with Gasteiger partial charge in [0.25, 0.3) is 0 Å². The molecule has 0 aliphatic carbocycles. The topological polar surface area (TPSA) is 12.0 Å². The van der Waals surface area contributed by atoms with Crippen LogP contribution in [0.3, 0.4) is 0 Å². The second-order valence-corrected chi connectivity index (χ2v) is 2.92. The van der Waals surface area contributed by atoms with Crippen LogP contribution in [-0.2, 0) is 0 Å². The first kappa shape index (κ1) is 10.9. The van der Waals surface area contributed by atoms with Crippen LogP contribution < -0.4 is 5.32 Å². The minimum Gasteiger partial charge on any atom is -0.345 e. The van der Waals surface area contributed by atoms with Crippen molar-refractivity contribution in [2.45, 2.75) is 0 Å². The summed E-state index contributed by atoms with van der Waals surface area (Å²) in [6.45, 7) is -1.02. The van der Waals surface area contributed by atoms with Crippen molar-refractivity contribution < 1.29 is 17.6 Å². The number of nitrogens with one attached hydrogen (secondary N) is 1. The first-order valence-corrected chi connectivity index (χ1v) is 3.95. The van der Waals surface area contributed by atoms with Gasteiger partial charge in [0, 0.05) is 12.1 Å². The molecule has 0 spiro atoms. The first-order chi connectivity index (χ1) is 6.54. The van der Waals surface area contributed by atoms with E-state index in [2.05, 4.69) is 12.2 Å². The number of alkyl halides is 1. The lowest BCUT2D eigenvalue weighted by atomic mass is 10.3. The summed E-state index contributed by atoms with van der Waals surface area (Å²) < 4.78 is 50.0. The van der Waals surface area contributed by atoms with Gasteiger partial charge in [-0.1, -0.05) is 12.2 Å².